The number of aromatic nitrogens is 1. The monoisotopic (exact) mass is 275 g/mol. The number of nitrogens with one attached hydrogen (secondary N) is 1. The highest BCUT2D eigenvalue weighted by molar-refractivity contribution is 6.35. The summed E-state index contributed by atoms with van der Waals surface area (Å²) in [5.74, 6) is 0. The molecule has 0 radical (unpaired) electrons. The van der Waals surface area contributed by atoms with Gasteiger partial charge in [-0.3, -0.25) is 4.98 Å². The lowest BCUT2D eigenvalue weighted by molar-refractivity contribution is 0.261. The number of pyridine rings is 1. The van der Waals surface area contributed by atoms with Gasteiger partial charge in [-0.1, -0.05) is 11.6 Å². The zero-order chi connectivity index (χ0) is 13.2. The molecular weight excluding hydrogens is 258 g/mol. The number of benzene rings is 1. The molecule has 19 heavy (non-hydrogen) atoms. The number of halogens is 1. The molecule has 3 nitrogen and oxygen atoms in total. The number of anilines is 1. The van der Waals surface area contributed by atoms with Gasteiger partial charge in [0.25, 0.3) is 0 Å². The third kappa shape index (κ3) is 2.67. The number of nitrogens with zero attached hydrogens (tertiary/aromatic N) is 2. The molecule has 1 aromatic carbocycles. The molecule has 0 aliphatic carbocycles. The number of rotatable bonds is 2. The van der Waals surface area contributed by atoms with Crippen molar-refractivity contribution >= 4 is 28.2 Å². The van der Waals surface area contributed by atoms with Crippen LogP contribution in [0.5, 0.6) is 0 Å². The molecule has 3 rings (SSSR count). The van der Waals surface area contributed by atoms with Crippen LogP contribution in [-0.2, 0) is 0 Å². The van der Waals surface area contributed by atoms with Crippen LogP contribution >= 0.6 is 11.6 Å². The van der Waals surface area contributed by atoms with Gasteiger partial charge in [-0.15, -0.1) is 0 Å². The van der Waals surface area contributed by atoms with E-state index in [9.17, 15) is 0 Å². The maximum atomic E-state index is 6.20. The Labute approximate surface area is 118 Å². The molecule has 1 aliphatic rings. The first-order valence-corrected chi connectivity index (χ1v) is 7.10. The van der Waals surface area contributed by atoms with Crippen molar-refractivity contribution in [1.82, 2.24) is 9.88 Å². The van der Waals surface area contributed by atoms with Crippen LogP contribution in [0, 0.1) is 0 Å². The van der Waals surface area contributed by atoms with E-state index in [4.69, 9.17) is 11.6 Å². The minimum atomic E-state index is 0.503. The van der Waals surface area contributed by atoms with Gasteiger partial charge in [0.1, 0.15) is 0 Å². The fourth-order valence-electron chi connectivity index (χ4n) is 2.77. The summed E-state index contributed by atoms with van der Waals surface area (Å²) in [6.45, 7) is 2.28. The molecule has 2 aromatic rings. The topological polar surface area (TPSA) is 28.2 Å². The minimum Gasteiger partial charge on any atom is -0.380 e. The number of hydrogen-bond acceptors (Lipinski definition) is 3. The fraction of sp³-hybridized carbons (Fsp3) is 0.400. The van der Waals surface area contributed by atoms with E-state index >= 15 is 0 Å². The largest absolute Gasteiger partial charge is 0.380 e. The third-order valence-electron chi connectivity index (χ3n) is 3.70. The van der Waals surface area contributed by atoms with Crippen LogP contribution in [0.3, 0.4) is 0 Å². The second kappa shape index (κ2) is 5.35. The Balaban J connectivity index is 1.90. The Hall–Kier alpha value is -1.32. The minimum absolute atomic E-state index is 0.503. The number of likely N-dealkylation sites (N-methyl/N-ethyl adjacent to an activating group) is 1. The molecule has 0 amide bonds. The van der Waals surface area contributed by atoms with Gasteiger partial charge in [0.2, 0.25) is 0 Å². The Morgan fingerprint density at radius 2 is 2.26 bits per heavy atom. The Morgan fingerprint density at radius 1 is 1.37 bits per heavy atom. The average molecular weight is 276 g/mol. The predicted molar refractivity (Wildman–Crippen MR) is 80.9 cm³/mol. The van der Waals surface area contributed by atoms with E-state index in [0.29, 0.717) is 11.1 Å². The quantitative estimate of drug-likeness (QED) is 0.911. The van der Waals surface area contributed by atoms with Gasteiger partial charge in [-0.2, -0.15) is 0 Å². The van der Waals surface area contributed by atoms with Gasteiger partial charge in [-0.25, -0.2) is 0 Å². The van der Waals surface area contributed by atoms with Crippen molar-refractivity contribution in [2.24, 2.45) is 0 Å². The molecular formula is C15H18ClN3. The maximum absolute atomic E-state index is 6.20. The first-order valence-electron chi connectivity index (χ1n) is 6.72. The predicted octanol–water partition coefficient (Wildman–Crippen LogP) is 3.39. The number of piperidine rings is 1. The van der Waals surface area contributed by atoms with Crippen LogP contribution in [0.1, 0.15) is 12.8 Å². The second-order valence-corrected chi connectivity index (χ2v) is 5.65. The van der Waals surface area contributed by atoms with Gasteiger partial charge in [-0.05, 0) is 50.7 Å². The van der Waals surface area contributed by atoms with Gasteiger partial charge in [0, 0.05) is 29.9 Å². The Bertz CT molecular complexity index is 585. The SMILES string of the molecule is CN1CCCC(Nc2ccc(Cl)c3ncccc23)C1. The lowest BCUT2D eigenvalue weighted by atomic mass is 10.1. The van der Waals surface area contributed by atoms with Crippen molar-refractivity contribution in [1.29, 1.82) is 0 Å². The second-order valence-electron chi connectivity index (χ2n) is 5.24. The first kappa shape index (κ1) is 12.7. The zero-order valence-electron chi connectivity index (χ0n) is 11.1. The molecule has 1 saturated heterocycles. The van der Waals surface area contributed by atoms with E-state index in [0.717, 1.165) is 23.1 Å². The Morgan fingerprint density at radius 3 is 3.11 bits per heavy atom. The van der Waals surface area contributed by atoms with Crippen LogP contribution in [-0.4, -0.2) is 36.1 Å². The molecule has 1 aliphatic heterocycles. The molecule has 1 aromatic heterocycles. The molecule has 2 heterocycles. The summed E-state index contributed by atoms with van der Waals surface area (Å²) < 4.78 is 0. The van der Waals surface area contributed by atoms with Crippen LogP contribution in [0.4, 0.5) is 5.69 Å². The summed E-state index contributed by atoms with van der Waals surface area (Å²) >= 11 is 6.20. The summed E-state index contributed by atoms with van der Waals surface area (Å²) in [7, 11) is 2.18. The molecule has 1 atom stereocenters. The average Bonchev–Trinajstić information content (AvgIpc) is 2.42. The number of likely N-dealkylation sites (tertiary alicyclic amines) is 1. The summed E-state index contributed by atoms with van der Waals surface area (Å²) in [6.07, 6.45) is 4.25. The highest BCUT2D eigenvalue weighted by atomic mass is 35.5. The highest BCUT2D eigenvalue weighted by Gasteiger charge is 2.17. The maximum Gasteiger partial charge on any atom is 0.0908 e. The number of hydrogen-bond donors (Lipinski definition) is 1. The van der Waals surface area contributed by atoms with Crippen molar-refractivity contribution in [3.63, 3.8) is 0 Å². The number of fused-ring (bicyclic) bond motifs is 1. The van der Waals surface area contributed by atoms with E-state index in [1.165, 1.54) is 19.4 Å². The molecule has 1 unspecified atom stereocenters. The fourth-order valence-corrected chi connectivity index (χ4v) is 2.98. The molecule has 0 saturated carbocycles. The van der Waals surface area contributed by atoms with Crippen molar-refractivity contribution < 1.29 is 0 Å². The summed E-state index contributed by atoms with van der Waals surface area (Å²) in [5.41, 5.74) is 2.01. The summed E-state index contributed by atoms with van der Waals surface area (Å²) in [5, 5.41) is 5.45. The summed E-state index contributed by atoms with van der Waals surface area (Å²) in [4.78, 5) is 6.74. The van der Waals surface area contributed by atoms with Crippen LogP contribution in [0.2, 0.25) is 5.02 Å². The van der Waals surface area contributed by atoms with E-state index in [1.807, 2.05) is 12.1 Å². The van der Waals surface area contributed by atoms with Gasteiger partial charge in [0.15, 0.2) is 0 Å². The van der Waals surface area contributed by atoms with Gasteiger partial charge in [0.05, 0.1) is 10.5 Å². The standard InChI is InChI=1S/C15H18ClN3/c1-19-9-3-4-11(10-19)18-14-7-6-13(16)15-12(14)5-2-8-17-15/h2,5-8,11,18H,3-4,9-10H2,1H3. The van der Waals surface area contributed by atoms with E-state index in [2.05, 4.69) is 34.4 Å². The van der Waals surface area contributed by atoms with Crippen molar-refractivity contribution in [3.05, 3.63) is 35.5 Å². The summed E-state index contributed by atoms with van der Waals surface area (Å²) in [6, 6.07) is 8.51. The molecule has 1 N–H and O–H groups in total. The lowest BCUT2D eigenvalue weighted by Gasteiger charge is -2.31. The van der Waals surface area contributed by atoms with Crippen molar-refractivity contribution in [2.45, 2.75) is 18.9 Å². The third-order valence-corrected chi connectivity index (χ3v) is 4.01. The molecule has 0 spiro atoms. The van der Waals surface area contributed by atoms with E-state index in [-0.39, 0.29) is 0 Å². The molecule has 100 valence electrons. The van der Waals surface area contributed by atoms with Crippen LogP contribution in [0.25, 0.3) is 10.9 Å². The zero-order valence-corrected chi connectivity index (χ0v) is 11.8. The lowest BCUT2D eigenvalue weighted by Crippen LogP contribution is -2.39. The Kier molecular flexibility index (Phi) is 3.58. The van der Waals surface area contributed by atoms with E-state index < -0.39 is 0 Å². The van der Waals surface area contributed by atoms with Crippen LogP contribution in [0.15, 0.2) is 30.5 Å². The normalized spacial score (nSPS) is 20.6. The molecule has 4 heteroatoms. The van der Waals surface area contributed by atoms with Crippen LogP contribution < -0.4 is 5.32 Å². The van der Waals surface area contributed by atoms with E-state index in [1.54, 1.807) is 6.20 Å². The van der Waals surface area contributed by atoms with Crippen molar-refractivity contribution in [3.8, 4) is 0 Å². The smallest absolute Gasteiger partial charge is 0.0908 e. The molecule has 0 bridgehead atoms. The highest BCUT2D eigenvalue weighted by Crippen LogP contribution is 2.29. The van der Waals surface area contributed by atoms with Gasteiger partial charge < -0.3 is 10.2 Å². The first-order chi connectivity index (χ1) is 9.24. The molecule has 1 fully saturated rings. The van der Waals surface area contributed by atoms with Gasteiger partial charge >= 0.3 is 0 Å². The van der Waals surface area contributed by atoms with Crippen molar-refractivity contribution in [2.75, 3.05) is 25.5 Å².